The topological polar surface area (TPSA) is 47.9 Å². The summed E-state index contributed by atoms with van der Waals surface area (Å²) in [6.45, 7) is 2.93. The van der Waals surface area contributed by atoms with E-state index in [-0.39, 0.29) is 6.61 Å². The average Bonchev–Trinajstić information content (AvgIpc) is 2.67. The van der Waals surface area contributed by atoms with Gasteiger partial charge in [0, 0.05) is 0 Å². The highest BCUT2D eigenvalue weighted by Crippen LogP contribution is 2.46. The van der Waals surface area contributed by atoms with Crippen molar-refractivity contribution in [1.29, 1.82) is 0 Å². The van der Waals surface area contributed by atoms with Crippen LogP contribution in [0.5, 0.6) is 0 Å². The van der Waals surface area contributed by atoms with E-state index in [2.05, 4.69) is 0 Å². The maximum Gasteiger partial charge on any atom is 0.312 e. The molecule has 4 nitrogen and oxygen atoms in total. The van der Waals surface area contributed by atoms with Gasteiger partial charge in [0.25, 0.3) is 0 Å². The summed E-state index contributed by atoms with van der Waals surface area (Å²) in [4.78, 5) is 0. The second-order valence-electron chi connectivity index (χ2n) is 4.72. The summed E-state index contributed by atoms with van der Waals surface area (Å²) in [7, 11) is 5.76. The molecule has 98 valence electrons. The molecule has 2 fully saturated rings. The van der Waals surface area contributed by atoms with Gasteiger partial charge in [-0.15, -0.1) is 0 Å². The zero-order chi connectivity index (χ0) is 13.6. The van der Waals surface area contributed by atoms with Crippen LogP contribution >= 0.6 is 0 Å². The molecule has 0 aromatic carbocycles. The molecule has 2 radical (unpaired) electrons. The molecule has 2 aliphatic rings. The molecular weight excluding hydrogens is 245 g/mol. The third-order valence-electron chi connectivity index (χ3n) is 2.97. The summed E-state index contributed by atoms with van der Waals surface area (Å²) in [5.74, 6) is -0.996. The Labute approximate surface area is 105 Å². The van der Waals surface area contributed by atoms with Gasteiger partial charge in [0.15, 0.2) is 5.79 Å². The number of hydrogen-bond acceptors (Lipinski definition) is 4. The van der Waals surface area contributed by atoms with E-state index in [4.69, 9.17) is 22.1 Å². The van der Waals surface area contributed by atoms with Gasteiger partial charge in [0.1, 0.15) is 25.7 Å². The van der Waals surface area contributed by atoms with Gasteiger partial charge in [-0.3, -0.25) is 0 Å². The zero-order valence-corrected chi connectivity index (χ0v) is 10.0. The molecule has 2 rings (SSSR count). The van der Waals surface area contributed by atoms with Crippen LogP contribution in [0.1, 0.15) is 13.8 Å². The summed E-state index contributed by atoms with van der Waals surface area (Å²) in [6, 6.07) is -1.01. The van der Waals surface area contributed by atoms with Crippen molar-refractivity contribution < 1.29 is 28.1 Å². The van der Waals surface area contributed by atoms with Crippen molar-refractivity contribution >= 4 is 7.85 Å². The quantitative estimate of drug-likeness (QED) is 0.585. The molecule has 0 amide bonds. The molecule has 4 atom stereocenters. The number of aliphatic hydroxyl groups is 1. The van der Waals surface area contributed by atoms with Crippen molar-refractivity contribution in [2.45, 2.75) is 43.4 Å². The normalized spacial score (nSPS) is 41.3. The van der Waals surface area contributed by atoms with Crippen molar-refractivity contribution in [3.8, 4) is 0 Å². The lowest BCUT2D eigenvalue weighted by Crippen LogP contribution is -2.45. The highest BCUT2D eigenvalue weighted by Gasteiger charge is 2.62. The first kappa shape index (κ1) is 13.7. The second-order valence-corrected chi connectivity index (χ2v) is 4.72. The molecule has 0 spiro atoms. The van der Waals surface area contributed by atoms with Crippen LogP contribution in [0.3, 0.4) is 0 Å². The van der Waals surface area contributed by atoms with Gasteiger partial charge < -0.3 is 19.3 Å². The number of ether oxygens (including phenoxy) is 3. The minimum absolute atomic E-state index is 0.338. The van der Waals surface area contributed by atoms with E-state index >= 15 is 0 Å². The van der Waals surface area contributed by atoms with E-state index in [1.54, 1.807) is 19.6 Å². The summed E-state index contributed by atoms with van der Waals surface area (Å²) in [6.07, 6.45) is -2.44. The van der Waals surface area contributed by atoms with Crippen LogP contribution in [0.4, 0.5) is 8.78 Å². The zero-order valence-electron chi connectivity index (χ0n) is 10.0. The molecule has 2 heterocycles. The van der Waals surface area contributed by atoms with E-state index in [1.807, 2.05) is 0 Å². The number of halogens is 2. The van der Waals surface area contributed by atoms with Crippen LogP contribution in [0.25, 0.3) is 0 Å². The lowest BCUT2D eigenvalue weighted by atomic mass is 9.80. The van der Waals surface area contributed by atoms with Crippen molar-refractivity contribution in [3.63, 3.8) is 0 Å². The Morgan fingerprint density at radius 2 is 2.17 bits per heavy atom. The van der Waals surface area contributed by atoms with Crippen molar-refractivity contribution in [2.75, 3.05) is 6.61 Å². The minimum Gasteiger partial charge on any atom is -0.394 e. The number of fused-ring (bicyclic) bond motifs is 1. The standard InChI is InChI=1S/C11H13BF2O4/c1-10(2)17-8-6(5-15)16-9(12)11(8,18-10)4-3-7(13)14/h4,6,8-9,15H,5H2,1-2H3/t6-,8+,9-,11?/m1/s1. The molecule has 0 aromatic heterocycles. The van der Waals surface area contributed by atoms with Gasteiger partial charge in [-0.05, 0) is 19.9 Å². The SMILES string of the molecule is [B][C@@H]1O[C@H](CO)[C@@H]2OC(C)(C)OC12C=C=C(F)F. The van der Waals surface area contributed by atoms with Gasteiger partial charge in [-0.1, -0.05) is 5.73 Å². The fourth-order valence-electron chi connectivity index (χ4n) is 2.36. The van der Waals surface area contributed by atoms with Gasteiger partial charge in [-0.25, -0.2) is 0 Å². The van der Waals surface area contributed by atoms with Gasteiger partial charge >= 0.3 is 6.08 Å². The van der Waals surface area contributed by atoms with Crippen LogP contribution in [0, 0.1) is 0 Å². The number of aliphatic hydroxyl groups excluding tert-OH is 1. The lowest BCUT2D eigenvalue weighted by Gasteiger charge is -2.27. The van der Waals surface area contributed by atoms with Crippen LogP contribution < -0.4 is 0 Å². The molecule has 0 saturated carbocycles. The summed E-state index contributed by atoms with van der Waals surface area (Å²) in [5.41, 5.74) is 0.413. The average molecular weight is 258 g/mol. The second kappa shape index (κ2) is 4.44. The fourth-order valence-corrected chi connectivity index (χ4v) is 2.36. The molecule has 0 bridgehead atoms. The Bertz CT molecular complexity index is 404. The third kappa shape index (κ3) is 2.13. The Morgan fingerprint density at radius 1 is 1.50 bits per heavy atom. The molecule has 2 aliphatic heterocycles. The van der Waals surface area contributed by atoms with Gasteiger partial charge in [-0.2, -0.15) is 8.78 Å². The predicted molar refractivity (Wildman–Crippen MR) is 58.1 cm³/mol. The van der Waals surface area contributed by atoms with E-state index in [9.17, 15) is 13.9 Å². The first-order valence-electron chi connectivity index (χ1n) is 5.49. The molecule has 0 aromatic rings. The molecule has 2 saturated heterocycles. The first-order chi connectivity index (χ1) is 8.31. The Hall–Kier alpha value is -0.715. The van der Waals surface area contributed by atoms with E-state index in [0.29, 0.717) is 0 Å². The molecule has 0 aliphatic carbocycles. The van der Waals surface area contributed by atoms with Crippen LogP contribution in [0.2, 0.25) is 0 Å². The van der Waals surface area contributed by atoms with E-state index in [1.165, 1.54) is 0 Å². The smallest absolute Gasteiger partial charge is 0.312 e. The largest absolute Gasteiger partial charge is 0.394 e. The Morgan fingerprint density at radius 3 is 2.72 bits per heavy atom. The Kier molecular flexibility index (Phi) is 3.38. The van der Waals surface area contributed by atoms with Gasteiger partial charge in [0.05, 0.1) is 12.6 Å². The molecule has 18 heavy (non-hydrogen) atoms. The van der Waals surface area contributed by atoms with Crippen LogP contribution in [0.15, 0.2) is 17.9 Å². The maximum absolute atomic E-state index is 12.2. The molecule has 1 unspecified atom stereocenters. The third-order valence-corrected chi connectivity index (χ3v) is 2.97. The predicted octanol–water partition coefficient (Wildman–Crippen LogP) is 0.698. The van der Waals surface area contributed by atoms with E-state index < -0.39 is 35.7 Å². The Balaban J connectivity index is 2.42. The summed E-state index contributed by atoms with van der Waals surface area (Å²) in [5, 5.41) is 9.19. The van der Waals surface area contributed by atoms with Crippen molar-refractivity contribution in [1.82, 2.24) is 0 Å². The minimum atomic E-state index is -1.99. The summed E-state index contributed by atoms with van der Waals surface area (Å²) < 4.78 is 40.8. The number of rotatable bonds is 2. The fraction of sp³-hybridized carbons (Fsp3) is 0.727. The van der Waals surface area contributed by atoms with Crippen LogP contribution in [-0.2, 0) is 14.2 Å². The summed E-state index contributed by atoms with van der Waals surface area (Å²) >= 11 is 0. The van der Waals surface area contributed by atoms with Crippen molar-refractivity contribution in [2.24, 2.45) is 0 Å². The molecule has 1 N–H and O–H groups in total. The lowest BCUT2D eigenvalue weighted by molar-refractivity contribution is -0.191. The van der Waals surface area contributed by atoms with Crippen LogP contribution in [-0.4, -0.2) is 49.2 Å². The highest BCUT2D eigenvalue weighted by atomic mass is 19.3. The van der Waals surface area contributed by atoms with Crippen molar-refractivity contribution in [3.05, 3.63) is 17.9 Å². The highest BCUT2D eigenvalue weighted by molar-refractivity contribution is 6.12. The maximum atomic E-state index is 12.2. The monoisotopic (exact) mass is 258 g/mol. The molecule has 7 heteroatoms. The number of hydrogen-bond donors (Lipinski definition) is 1. The van der Waals surface area contributed by atoms with E-state index in [0.717, 1.165) is 6.08 Å². The molecular formula is C11H13BF2O4. The first-order valence-corrected chi connectivity index (χ1v) is 5.49. The van der Waals surface area contributed by atoms with Gasteiger partial charge in [0.2, 0.25) is 0 Å².